The number of hydrogen-bond acceptors (Lipinski definition) is 4. The van der Waals surface area contributed by atoms with Gasteiger partial charge in [0.2, 0.25) is 0 Å². The smallest absolute Gasteiger partial charge is 0.276 e. The number of carbonyl (C=O) groups is 1. The van der Waals surface area contributed by atoms with E-state index in [0.717, 1.165) is 6.42 Å². The van der Waals surface area contributed by atoms with Gasteiger partial charge in [0.15, 0.2) is 5.69 Å². The number of anilines is 1. The highest BCUT2D eigenvalue weighted by molar-refractivity contribution is 5.97. The highest BCUT2D eigenvalue weighted by atomic mass is 16.5. The molecule has 0 aromatic carbocycles. The minimum atomic E-state index is -0.148. The second-order valence-electron chi connectivity index (χ2n) is 4.45. The van der Waals surface area contributed by atoms with Gasteiger partial charge in [0, 0.05) is 26.9 Å². The molecule has 94 valence electrons. The molecule has 2 rings (SSSR count). The Balaban J connectivity index is 2.17. The van der Waals surface area contributed by atoms with E-state index in [-0.39, 0.29) is 18.1 Å². The fraction of sp³-hybridized carbons (Fsp3) is 0.636. The van der Waals surface area contributed by atoms with Crippen molar-refractivity contribution in [3.8, 4) is 0 Å². The van der Waals surface area contributed by atoms with Crippen LogP contribution in [0.15, 0.2) is 6.20 Å². The van der Waals surface area contributed by atoms with Crippen LogP contribution in [0.1, 0.15) is 23.8 Å². The van der Waals surface area contributed by atoms with Crippen molar-refractivity contribution in [3.63, 3.8) is 0 Å². The summed E-state index contributed by atoms with van der Waals surface area (Å²) in [5, 5.41) is 4.09. The molecule has 0 bridgehead atoms. The molecular formula is C11H18N4O2. The molecule has 0 spiro atoms. The van der Waals surface area contributed by atoms with Crippen LogP contribution in [-0.2, 0) is 11.8 Å². The maximum atomic E-state index is 12.2. The molecule has 1 saturated heterocycles. The number of rotatable bonds is 2. The molecule has 0 saturated carbocycles. The van der Waals surface area contributed by atoms with Crippen LogP contribution in [0, 0.1) is 0 Å². The van der Waals surface area contributed by atoms with E-state index >= 15 is 0 Å². The summed E-state index contributed by atoms with van der Waals surface area (Å²) in [6.07, 6.45) is 2.56. The zero-order valence-electron chi connectivity index (χ0n) is 10.4. The summed E-state index contributed by atoms with van der Waals surface area (Å²) < 4.78 is 7.00. The molecular weight excluding hydrogens is 220 g/mol. The first-order valence-corrected chi connectivity index (χ1v) is 5.68. The molecule has 1 fully saturated rings. The minimum absolute atomic E-state index is 0.0638. The second kappa shape index (κ2) is 4.37. The number of carbonyl (C=O) groups excluding carboxylic acids is 1. The van der Waals surface area contributed by atoms with Gasteiger partial charge in [0.05, 0.1) is 17.8 Å². The van der Waals surface area contributed by atoms with Gasteiger partial charge in [0.1, 0.15) is 0 Å². The van der Waals surface area contributed by atoms with Crippen LogP contribution in [0.2, 0.25) is 0 Å². The van der Waals surface area contributed by atoms with Crippen molar-refractivity contribution in [2.24, 2.45) is 7.05 Å². The number of likely N-dealkylation sites (N-methyl/N-ethyl adjacent to an activating group) is 1. The van der Waals surface area contributed by atoms with E-state index < -0.39 is 0 Å². The zero-order chi connectivity index (χ0) is 12.6. The van der Waals surface area contributed by atoms with Crippen molar-refractivity contribution < 1.29 is 9.53 Å². The van der Waals surface area contributed by atoms with Gasteiger partial charge in [-0.1, -0.05) is 0 Å². The Kier molecular flexibility index (Phi) is 3.06. The number of ether oxygens (including phenoxy) is 1. The van der Waals surface area contributed by atoms with Crippen molar-refractivity contribution in [3.05, 3.63) is 11.9 Å². The molecule has 17 heavy (non-hydrogen) atoms. The maximum Gasteiger partial charge on any atom is 0.276 e. The minimum Gasteiger partial charge on any atom is -0.396 e. The van der Waals surface area contributed by atoms with Crippen LogP contribution < -0.4 is 5.73 Å². The van der Waals surface area contributed by atoms with Crippen LogP contribution in [-0.4, -0.2) is 46.4 Å². The van der Waals surface area contributed by atoms with Gasteiger partial charge in [0.25, 0.3) is 5.91 Å². The monoisotopic (exact) mass is 238 g/mol. The maximum absolute atomic E-state index is 12.2. The van der Waals surface area contributed by atoms with Crippen molar-refractivity contribution in [2.75, 3.05) is 19.4 Å². The third kappa shape index (κ3) is 2.12. The first-order chi connectivity index (χ1) is 8.00. The SMILES string of the molecule is CC1OCCC1N(C)C(=O)c1nn(C)cc1N. The molecule has 1 aliphatic rings. The van der Waals surface area contributed by atoms with E-state index in [2.05, 4.69) is 5.10 Å². The summed E-state index contributed by atoms with van der Waals surface area (Å²) in [6.45, 7) is 2.67. The van der Waals surface area contributed by atoms with E-state index in [1.165, 1.54) is 0 Å². The lowest BCUT2D eigenvalue weighted by Crippen LogP contribution is -2.41. The molecule has 2 unspecified atom stereocenters. The highest BCUT2D eigenvalue weighted by Crippen LogP contribution is 2.21. The van der Waals surface area contributed by atoms with Crippen LogP contribution in [0.3, 0.4) is 0 Å². The summed E-state index contributed by atoms with van der Waals surface area (Å²) in [5.41, 5.74) is 6.48. The normalized spacial score (nSPS) is 23.9. The molecule has 6 heteroatoms. The molecule has 1 amide bonds. The van der Waals surface area contributed by atoms with E-state index in [1.807, 2.05) is 6.92 Å². The highest BCUT2D eigenvalue weighted by Gasteiger charge is 2.32. The summed E-state index contributed by atoms with van der Waals surface area (Å²) in [6, 6.07) is 0.101. The third-order valence-corrected chi connectivity index (χ3v) is 3.21. The topological polar surface area (TPSA) is 73.4 Å². The summed E-state index contributed by atoms with van der Waals surface area (Å²) in [4.78, 5) is 13.9. The molecule has 2 N–H and O–H groups in total. The molecule has 1 aromatic rings. The Morgan fingerprint density at radius 1 is 1.71 bits per heavy atom. The number of nitrogens with two attached hydrogens (primary N) is 1. The van der Waals surface area contributed by atoms with E-state index in [0.29, 0.717) is 18.0 Å². The Morgan fingerprint density at radius 3 is 2.88 bits per heavy atom. The first kappa shape index (κ1) is 11.9. The molecule has 0 radical (unpaired) electrons. The number of nitrogens with zero attached hydrogens (tertiary/aromatic N) is 3. The lowest BCUT2D eigenvalue weighted by Gasteiger charge is -2.26. The van der Waals surface area contributed by atoms with E-state index in [1.54, 1.807) is 29.9 Å². The first-order valence-electron chi connectivity index (χ1n) is 5.68. The van der Waals surface area contributed by atoms with Gasteiger partial charge in [-0.05, 0) is 13.3 Å². The van der Waals surface area contributed by atoms with Gasteiger partial charge in [-0.2, -0.15) is 5.10 Å². The lowest BCUT2D eigenvalue weighted by atomic mass is 10.1. The number of aryl methyl sites for hydroxylation is 1. The molecule has 2 atom stereocenters. The Labute approximate surface area is 100 Å². The molecule has 0 aliphatic carbocycles. The summed E-state index contributed by atoms with van der Waals surface area (Å²) >= 11 is 0. The largest absolute Gasteiger partial charge is 0.396 e. The molecule has 1 aromatic heterocycles. The second-order valence-corrected chi connectivity index (χ2v) is 4.45. The Bertz CT molecular complexity index is 429. The predicted octanol–water partition coefficient (Wildman–Crippen LogP) is 0.252. The van der Waals surface area contributed by atoms with Crippen molar-refractivity contribution >= 4 is 11.6 Å². The van der Waals surface area contributed by atoms with Crippen molar-refractivity contribution in [2.45, 2.75) is 25.5 Å². The number of aromatic nitrogens is 2. The fourth-order valence-electron chi connectivity index (χ4n) is 2.22. The molecule has 1 aliphatic heterocycles. The standard InChI is InChI=1S/C11H18N4O2/c1-7-9(4-5-17-7)15(3)11(16)10-8(12)6-14(2)13-10/h6-7,9H,4-5,12H2,1-3H3. The van der Waals surface area contributed by atoms with Crippen LogP contribution >= 0.6 is 0 Å². The average molecular weight is 238 g/mol. The number of hydrogen-bond donors (Lipinski definition) is 1. The number of nitrogen functional groups attached to an aromatic ring is 1. The van der Waals surface area contributed by atoms with E-state index in [9.17, 15) is 4.79 Å². The van der Waals surface area contributed by atoms with Gasteiger partial charge >= 0.3 is 0 Å². The Hall–Kier alpha value is -1.56. The molecule has 2 heterocycles. The van der Waals surface area contributed by atoms with Gasteiger partial charge in [-0.15, -0.1) is 0 Å². The summed E-state index contributed by atoms with van der Waals surface area (Å²) in [7, 11) is 3.51. The van der Waals surface area contributed by atoms with Crippen molar-refractivity contribution in [1.29, 1.82) is 0 Å². The number of amides is 1. The quantitative estimate of drug-likeness (QED) is 0.801. The van der Waals surface area contributed by atoms with Gasteiger partial charge < -0.3 is 15.4 Å². The average Bonchev–Trinajstić information content (AvgIpc) is 2.82. The molecule has 6 nitrogen and oxygen atoms in total. The zero-order valence-corrected chi connectivity index (χ0v) is 10.4. The predicted molar refractivity (Wildman–Crippen MR) is 63.5 cm³/mol. The van der Waals surface area contributed by atoms with Crippen molar-refractivity contribution in [1.82, 2.24) is 14.7 Å². The van der Waals surface area contributed by atoms with Crippen LogP contribution in [0.4, 0.5) is 5.69 Å². The van der Waals surface area contributed by atoms with Crippen LogP contribution in [0.25, 0.3) is 0 Å². The van der Waals surface area contributed by atoms with Gasteiger partial charge in [-0.3, -0.25) is 9.48 Å². The van der Waals surface area contributed by atoms with E-state index in [4.69, 9.17) is 10.5 Å². The Morgan fingerprint density at radius 2 is 2.41 bits per heavy atom. The lowest BCUT2D eigenvalue weighted by molar-refractivity contribution is 0.0570. The van der Waals surface area contributed by atoms with Gasteiger partial charge in [-0.25, -0.2) is 0 Å². The third-order valence-electron chi connectivity index (χ3n) is 3.21. The van der Waals surface area contributed by atoms with Crippen LogP contribution in [0.5, 0.6) is 0 Å². The fourth-order valence-corrected chi connectivity index (χ4v) is 2.22. The summed E-state index contributed by atoms with van der Waals surface area (Å²) in [5.74, 6) is -0.148.